The molecule has 0 fully saturated rings. The molecular weight excluding hydrogens is 516 g/mol. The van der Waals surface area contributed by atoms with Gasteiger partial charge < -0.3 is 19.3 Å². The summed E-state index contributed by atoms with van der Waals surface area (Å²) in [5, 5.41) is 0. The number of amides is 2. The number of hydrogen-bond donors (Lipinski definition) is 0. The summed E-state index contributed by atoms with van der Waals surface area (Å²) < 4.78 is 11.8. The molecule has 0 N–H and O–H groups in total. The lowest BCUT2D eigenvalue weighted by Gasteiger charge is -2.37. The molecule has 2 amide bonds. The molecule has 0 bridgehead atoms. The smallest absolute Gasteiger partial charge is 0.410 e. The Morgan fingerprint density at radius 2 is 1.44 bits per heavy atom. The van der Waals surface area contributed by atoms with Crippen molar-refractivity contribution in [3.63, 3.8) is 0 Å². The summed E-state index contributed by atoms with van der Waals surface area (Å²) in [4.78, 5) is 42.3. The van der Waals surface area contributed by atoms with Gasteiger partial charge in [0.1, 0.15) is 12.4 Å². The van der Waals surface area contributed by atoms with Crippen molar-refractivity contribution in [3.8, 4) is 0 Å². The van der Waals surface area contributed by atoms with E-state index in [1.807, 2.05) is 91.0 Å². The number of ether oxygens (including phenoxy) is 2. The van der Waals surface area contributed by atoms with E-state index < -0.39 is 18.2 Å². The largest absolute Gasteiger partial charge is 0.445 e. The van der Waals surface area contributed by atoms with E-state index >= 15 is 0 Å². The van der Waals surface area contributed by atoms with Gasteiger partial charge in [0.25, 0.3) is 0 Å². The molecule has 0 unspecified atom stereocenters. The molecule has 41 heavy (non-hydrogen) atoms. The lowest BCUT2D eigenvalue weighted by molar-refractivity contribution is -0.134. The fraction of sp³-hybridized carbons (Fsp3) is 0.265. The Morgan fingerprint density at radius 1 is 0.854 bits per heavy atom. The molecule has 7 nitrogen and oxygen atoms in total. The number of carbonyl (C=O) groups excluding carboxylic acids is 3. The van der Waals surface area contributed by atoms with Crippen LogP contribution in [0.4, 0.5) is 4.79 Å². The van der Waals surface area contributed by atoms with E-state index in [1.165, 1.54) is 6.08 Å². The van der Waals surface area contributed by atoms with E-state index in [9.17, 15) is 14.4 Å². The van der Waals surface area contributed by atoms with E-state index in [2.05, 4.69) is 6.58 Å². The zero-order valence-electron chi connectivity index (χ0n) is 23.1. The van der Waals surface area contributed by atoms with Gasteiger partial charge in [-0.1, -0.05) is 97.1 Å². The first-order valence-electron chi connectivity index (χ1n) is 13.8. The number of ketones is 1. The molecular formula is C34H36N2O5. The predicted octanol–water partition coefficient (Wildman–Crippen LogP) is 5.71. The third-order valence-corrected chi connectivity index (χ3v) is 6.88. The lowest BCUT2D eigenvalue weighted by Crippen LogP contribution is -2.50. The Bertz CT molecular complexity index is 1310. The van der Waals surface area contributed by atoms with Gasteiger partial charge in [0.2, 0.25) is 5.91 Å². The average Bonchev–Trinajstić information content (AvgIpc) is 3.01. The zero-order valence-corrected chi connectivity index (χ0v) is 23.1. The van der Waals surface area contributed by atoms with Gasteiger partial charge in [-0.3, -0.25) is 9.59 Å². The molecule has 2 atom stereocenters. The van der Waals surface area contributed by atoms with Crippen LogP contribution in [0, 0.1) is 0 Å². The molecule has 0 spiro atoms. The Labute approximate surface area is 241 Å². The van der Waals surface area contributed by atoms with Gasteiger partial charge in [-0.15, -0.1) is 6.58 Å². The SMILES string of the molecule is C=CCN1C(=O)C=C[C@@H](OCc2ccccc2)[C@@H]1CC(=O)CCN(Cc1ccccc1)C(=O)OCc1ccccc1. The van der Waals surface area contributed by atoms with Crippen LogP contribution in [0.2, 0.25) is 0 Å². The van der Waals surface area contributed by atoms with Crippen LogP contribution in [0.15, 0.2) is 116 Å². The van der Waals surface area contributed by atoms with Crippen molar-refractivity contribution in [3.05, 3.63) is 132 Å². The van der Waals surface area contributed by atoms with Gasteiger partial charge in [0, 0.05) is 38.6 Å². The second kappa shape index (κ2) is 15.3. The highest BCUT2D eigenvalue weighted by Crippen LogP contribution is 2.22. The van der Waals surface area contributed by atoms with E-state index in [1.54, 1.807) is 22.0 Å². The molecule has 3 aromatic carbocycles. The van der Waals surface area contributed by atoms with Gasteiger partial charge in [-0.25, -0.2) is 4.79 Å². The number of hydrogen-bond acceptors (Lipinski definition) is 5. The van der Waals surface area contributed by atoms with Gasteiger partial charge in [-0.2, -0.15) is 0 Å². The van der Waals surface area contributed by atoms with Crippen molar-refractivity contribution in [2.75, 3.05) is 13.1 Å². The van der Waals surface area contributed by atoms with Crippen LogP contribution in [0.25, 0.3) is 0 Å². The first kappa shape index (κ1) is 29.5. The van der Waals surface area contributed by atoms with E-state index in [-0.39, 0.29) is 37.7 Å². The molecule has 0 aliphatic carbocycles. The van der Waals surface area contributed by atoms with Crippen LogP contribution in [-0.2, 0) is 38.8 Å². The molecule has 3 aromatic rings. The Morgan fingerprint density at radius 3 is 2.05 bits per heavy atom. The number of Topliss-reactive ketones (excluding diaryl/α,β-unsaturated/α-hetero) is 1. The maximum Gasteiger partial charge on any atom is 0.410 e. The summed E-state index contributed by atoms with van der Waals surface area (Å²) in [5.74, 6) is -0.258. The second-order valence-corrected chi connectivity index (χ2v) is 9.91. The molecule has 1 aliphatic rings. The van der Waals surface area contributed by atoms with Crippen LogP contribution in [0.5, 0.6) is 0 Å². The molecule has 7 heteroatoms. The van der Waals surface area contributed by atoms with Gasteiger partial charge >= 0.3 is 6.09 Å². The van der Waals surface area contributed by atoms with Crippen LogP contribution < -0.4 is 0 Å². The normalized spacial score (nSPS) is 16.3. The molecule has 0 radical (unpaired) electrons. The predicted molar refractivity (Wildman–Crippen MR) is 158 cm³/mol. The Balaban J connectivity index is 1.41. The maximum absolute atomic E-state index is 13.3. The van der Waals surface area contributed by atoms with Crippen molar-refractivity contribution in [2.24, 2.45) is 0 Å². The highest BCUT2D eigenvalue weighted by atomic mass is 16.6. The van der Waals surface area contributed by atoms with Crippen molar-refractivity contribution in [2.45, 2.75) is 44.7 Å². The summed E-state index contributed by atoms with van der Waals surface area (Å²) >= 11 is 0. The highest BCUT2D eigenvalue weighted by molar-refractivity contribution is 5.90. The molecule has 1 heterocycles. The minimum Gasteiger partial charge on any atom is -0.445 e. The van der Waals surface area contributed by atoms with E-state index in [4.69, 9.17) is 9.47 Å². The maximum atomic E-state index is 13.3. The van der Waals surface area contributed by atoms with E-state index in [0.29, 0.717) is 19.7 Å². The summed E-state index contributed by atoms with van der Waals surface area (Å²) in [6.45, 7) is 5.09. The lowest BCUT2D eigenvalue weighted by atomic mass is 9.97. The highest BCUT2D eigenvalue weighted by Gasteiger charge is 2.34. The zero-order chi connectivity index (χ0) is 28.9. The number of carbonyl (C=O) groups is 3. The monoisotopic (exact) mass is 552 g/mol. The van der Waals surface area contributed by atoms with Crippen molar-refractivity contribution in [1.82, 2.24) is 9.80 Å². The van der Waals surface area contributed by atoms with Gasteiger partial charge in [0.05, 0.1) is 18.8 Å². The van der Waals surface area contributed by atoms with Gasteiger partial charge in [-0.05, 0) is 22.8 Å². The number of rotatable bonds is 14. The van der Waals surface area contributed by atoms with Crippen molar-refractivity contribution >= 4 is 17.8 Å². The Kier molecular flexibility index (Phi) is 11.0. The first-order valence-corrected chi connectivity index (χ1v) is 13.8. The summed E-state index contributed by atoms with van der Waals surface area (Å²) in [6, 6.07) is 28.3. The van der Waals surface area contributed by atoms with Gasteiger partial charge in [0.15, 0.2) is 0 Å². The molecule has 0 saturated carbocycles. The van der Waals surface area contributed by atoms with Crippen LogP contribution in [0.1, 0.15) is 29.5 Å². The second-order valence-electron chi connectivity index (χ2n) is 9.91. The number of nitrogens with zero attached hydrogens (tertiary/aromatic N) is 2. The molecule has 0 aromatic heterocycles. The van der Waals surface area contributed by atoms with Crippen LogP contribution in [-0.4, -0.2) is 52.8 Å². The quantitative estimate of drug-likeness (QED) is 0.239. The van der Waals surface area contributed by atoms with Crippen LogP contribution in [0.3, 0.4) is 0 Å². The summed E-state index contributed by atoms with van der Waals surface area (Å²) in [5.41, 5.74) is 2.82. The summed E-state index contributed by atoms with van der Waals surface area (Å²) in [6.07, 6.45) is 4.14. The fourth-order valence-electron chi connectivity index (χ4n) is 4.71. The van der Waals surface area contributed by atoms with Crippen molar-refractivity contribution < 1.29 is 23.9 Å². The molecule has 212 valence electrons. The molecule has 1 aliphatic heterocycles. The third kappa shape index (κ3) is 9.01. The van der Waals surface area contributed by atoms with E-state index in [0.717, 1.165) is 16.7 Å². The minimum absolute atomic E-state index is 0.0746. The molecule has 4 rings (SSSR count). The Hall–Kier alpha value is -4.49. The molecule has 0 saturated heterocycles. The summed E-state index contributed by atoms with van der Waals surface area (Å²) in [7, 11) is 0. The number of benzene rings is 3. The van der Waals surface area contributed by atoms with Crippen LogP contribution >= 0.6 is 0 Å². The topological polar surface area (TPSA) is 76.2 Å². The first-order chi connectivity index (χ1) is 20.0. The fourth-order valence-corrected chi connectivity index (χ4v) is 4.71. The van der Waals surface area contributed by atoms with Crippen molar-refractivity contribution in [1.29, 1.82) is 0 Å². The minimum atomic E-state index is -0.487. The standard InChI is InChI=1S/C34H36N2O5/c1-2-21-36-31(32(18-19-33(36)38)40-25-28-14-8-4-9-15-28)23-30(37)20-22-35(24-27-12-6-3-7-13-27)34(39)41-26-29-16-10-5-11-17-29/h2-19,31-32H,1,20-26H2/t31-,32+/m0/s1. The average molecular weight is 553 g/mol. The third-order valence-electron chi connectivity index (χ3n) is 6.88.